The third-order valence-corrected chi connectivity index (χ3v) is 4.06. The van der Waals surface area contributed by atoms with E-state index in [0.717, 1.165) is 38.8 Å². The average Bonchev–Trinajstić information content (AvgIpc) is 3.14. The maximum atomic E-state index is 10.9. The Balaban J connectivity index is 0.000000687. The second-order valence-corrected chi connectivity index (χ2v) is 6.51. The van der Waals surface area contributed by atoms with E-state index in [1.54, 1.807) is 12.4 Å². The minimum Gasteiger partial charge on any atom is -0.481 e. The SMILES string of the molecule is CC(=O)O.O=C(C=Cc1cnc(N[C@@H]2CCN(Cc3ccccc3)C2)cn1)NO. The van der Waals surface area contributed by atoms with Gasteiger partial charge in [0.2, 0.25) is 0 Å². The van der Waals surface area contributed by atoms with E-state index in [9.17, 15) is 4.79 Å². The van der Waals surface area contributed by atoms with Crippen LogP contribution in [0.2, 0.25) is 0 Å². The maximum absolute atomic E-state index is 10.9. The van der Waals surface area contributed by atoms with Gasteiger partial charge in [-0.25, -0.2) is 10.5 Å². The molecule has 2 aromatic rings. The second kappa shape index (κ2) is 11.5. The van der Waals surface area contributed by atoms with E-state index in [1.165, 1.54) is 23.2 Å². The van der Waals surface area contributed by atoms with E-state index in [-0.39, 0.29) is 0 Å². The fourth-order valence-corrected chi connectivity index (χ4v) is 2.84. The van der Waals surface area contributed by atoms with Crippen LogP contribution < -0.4 is 10.8 Å². The molecular weight excluding hydrogens is 374 g/mol. The number of anilines is 1. The number of hydrogen-bond donors (Lipinski definition) is 4. The number of rotatable bonds is 6. The van der Waals surface area contributed by atoms with Crippen molar-refractivity contribution in [3.63, 3.8) is 0 Å². The van der Waals surface area contributed by atoms with Crippen LogP contribution in [-0.2, 0) is 16.1 Å². The van der Waals surface area contributed by atoms with Crippen molar-refractivity contribution in [2.45, 2.75) is 25.9 Å². The summed E-state index contributed by atoms with van der Waals surface area (Å²) in [5, 5.41) is 19.2. The minimum absolute atomic E-state index is 0.347. The van der Waals surface area contributed by atoms with Crippen LogP contribution in [0.15, 0.2) is 48.8 Å². The summed E-state index contributed by atoms with van der Waals surface area (Å²) in [6, 6.07) is 10.8. The van der Waals surface area contributed by atoms with Crippen LogP contribution in [0.1, 0.15) is 24.6 Å². The smallest absolute Gasteiger partial charge is 0.300 e. The number of nitrogens with zero attached hydrogens (tertiary/aromatic N) is 3. The summed E-state index contributed by atoms with van der Waals surface area (Å²) in [7, 11) is 0. The first-order valence-electron chi connectivity index (χ1n) is 9.13. The standard InChI is InChI=1S/C18H21N5O2.C2H4O2/c24-18(22-25)7-6-15-10-20-17(11-19-15)21-16-8-9-23(13-16)12-14-4-2-1-3-5-14;1-2(3)4/h1-7,10-11,16,25H,8-9,12-13H2,(H,20,21)(H,22,24);1H3,(H,3,4)/t16-;/m1./s1. The largest absolute Gasteiger partial charge is 0.481 e. The van der Waals surface area contributed by atoms with Gasteiger partial charge in [0.1, 0.15) is 5.82 Å². The molecule has 1 aromatic carbocycles. The Morgan fingerprint density at radius 1 is 1.24 bits per heavy atom. The Kier molecular flexibility index (Phi) is 8.74. The van der Waals surface area contributed by atoms with E-state index >= 15 is 0 Å². The van der Waals surface area contributed by atoms with Crippen molar-refractivity contribution in [1.82, 2.24) is 20.3 Å². The van der Waals surface area contributed by atoms with Crippen LogP contribution >= 0.6 is 0 Å². The molecule has 2 heterocycles. The highest BCUT2D eigenvalue weighted by Gasteiger charge is 2.22. The molecule has 29 heavy (non-hydrogen) atoms. The predicted octanol–water partition coefficient (Wildman–Crippen LogP) is 1.77. The molecule has 1 saturated heterocycles. The number of carbonyl (C=O) groups excluding carboxylic acids is 1. The zero-order valence-electron chi connectivity index (χ0n) is 16.2. The Morgan fingerprint density at radius 2 is 1.97 bits per heavy atom. The van der Waals surface area contributed by atoms with Crippen molar-refractivity contribution < 1.29 is 19.9 Å². The van der Waals surface area contributed by atoms with Crippen LogP contribution in [0.3, 0.4) is 0 Å². The molecule has 0 spiro atoms. The highest BCUT2D eigenvalue weighted by atomic mass is 16.5. The normalized spacial score (nSPS) is 16.1. The molecule has 1 fully saturated rings. The molecule has 154 valence electrons. The summed E-state index contributed by atoms with van der Waals surface area (Å²) in [4.78, 5) is 30.9. The van der Waals surface area contributed by atoms with Gasteiger partial charge in [0.15, 0.2) is 0 Å². The molecule has 0 saturated carbocycles. The second-order valence-electron chi connectivity index (χ2n) is 6.51. The molecule has 0 radical (unpaired) electrons. The van der Waals surface area contributed by atoms with Crippen LogP contribution in [0, 0.1) is 0 Å². The Morgan fingerprint density at radius 3 is 2.59 bits per heavy atom. The minimum atomic E-state index is -0.833. The molecule has 1 aliphatic heterocycles. The highest BCUT2D eigenvalue weighted by Crippen LogP contribution is 2.16. The summed E-state index contributed by atoms with van der Waals surface area (Å²) in [5.41, 5.74) is 3.40. The van der Waals surface area contributed by atoms with Gasteiger partial charge in [0.25, 0.3) is 11.9 Å². The molecule has 9 heteroatoms. The number of carboxylic acids is 1. The van der Waals surface area contributed by atoms with Gasteiger partial charge >= 0.3 is 0 Å². The van der Waals surface area contributed by atoms with E-state index in [0.29, 0.717) is 11.7 Å². The van der Waals surface area contributed by atoms with Gasteiger partial charge in [-0.05, 0) is 18.1 Å². The van der Waals surface area contributed by atoms with Crippen LogP contribution in [0.5, 0.6) is 0 Å². The van der Waals surface area contributed by atoms with Crippen molar-refractivity contribution in [1.29, 1.82) is 0 Å². The number of benzene rings is 1. The number of carboxylic acid groups (broad SMARTS) is 1. The Hall–Kier alpha value is -3.30. The molecule has 1 aromatic heterocycles. The summed E-state index contributed by atoms with van der Waals surface area (Å²) >= 11 is 0. The van der Waals surface area contributed by atoms with Gasteiger partial charge in [-0.2, -0.15) is 0 Å². The number of hydrogen-bond acceptors (Lipinski definition) is 7. The third kappa shape index (κ3) is 8.50. The van der Waals surface area contributed by atoms with Crippen molar-refractivity contribution in [2.24, 2.45) is 0 Å². The maximum Gasteiger partial charge on any atom is 0.300 e. The molecule has 9 nitrogen and oxygen atoms in total. The lowest BCUT2D eigenvalue weighted by Crippen LogP contribution is -2.26. The fourth-order valence-electron chi connectivity index (χ4n) is 2.84. The zero-order chi connectivity index (χ0) is 21.1. The van der Waals surface area contributed by atoms with Crippen LogP contribution in [0.4, 0.5) is 5.82 Å². The fraction of sp³-hybridized carbons (Fsp3) is 0.300. The van der Waals surface area contributed by atoms with E-state index < -0.39 is 11.9 Å². The molecule has 1 aliphatic rings. The van der Waals surface area contributed by atoms with Crippen LogP contribution in [-0.4, -0.2) is 56.2 Å². The first-order valence-corrected chi connectivity index (χ1v) is 9.13. The van der Waals surface area contributed by atoms with Crippen LogP contribution in [0.25, 0.3) is 6.08 Å². The summed E-state index contributed by atoms with van der Waals surface area (Å²) in [6.07, 6.45) is 6.97. The summed E-state index contributed by atoms with van der Waals surface area (Å²) < 4.78 is 0. The lowest BCUT2D eigenvalue weighted by Gasteiger charge is -2.17. The number of aliphatic carboxylic acids is 1. The van der Waals surface area contributed by atoms with Gasteiger partial charge in [-0.15, -0.1) is 0 Å². The first kappa shape index (κ1) is 22.0. The Labute approximate surface area is 169 Å². The van der Waals surface area contributed by atoms with Gasteiger partial charge < -0.3 is 10.4 Å². The molecule has 0 unspecified atom stereocenters. The van der Waals surface area contributed by atoms with E-state index in [4.69, 9.17) is 15.1 Å². The highest BCUT2D eigenvalue weighted by molar-refractivity contribution is 5.90. The molecule has 1 amide bonds. The first-order chi connectivity index (χ1) is 14.0. The molecule has 0 aliphatic carbocycles. The van der Waals surface area contributed by atoms with Gasteiger partial charge in [0.05, 0.1) is 18.1 Å². The lowest BCUT2D eigenvalue weighted by molar-refractivity contribution is -0.134. The number of amides is 1. The van der Waals surface area contributed by atoms with Gasteiger partial charge in [-0.1, -0.05) is 30.3 Å². The number of likely N-dealkylation sites (tertiary alicyclic amines) is 1. The van der Waals surface area contributed by atoms with Crippen molar-refractivity contribution in [3.8, 4) is 0 Å². The summed E-state index contributed by atoms with van der Waals surface area (Å²) in [6.45, 7) is 4.06. The summed E-state index contributed by atoms with van der Waals surface area (Å²) in [5.74, 6) is -0.719. The van der Waals surface area contributed by atoms with E-state index in [1.807, 2.05) is 6.07 Å². The number of hydroxylamine groups is 1. The predicted molar refractivity (Wildman–Crippen MR) is 108 cm³/mol. The van der Waals surface area contributed by atoms with E-state index in [2.05, 4.69) is 44.5 Å². The number of carbonyl (C=O) groups is 2. The van der Waals surface area contributed by atoms with Crippen molar-refractivity contribution >= 4 is 23.8 Å². The topological polar surface area (TPSA) is 128 Å². The monoisotopic (exact) mass is 399 g/mol. The molecule has 3 rings (SSSR count). The number of aromatic nitrogens is 2. The molecule has 4 N–H and O–H groups in total. The zero-order valence-corrected chi connectivity index (χ0v) is 16.2. The lowest BCUT2D eigenvalue weighted by atomic mass is 10.2. The molecular formula is C20H25N5O4. The molecule has 0 bridgehead atoms. The van der Waals surface area contributed by atoms with Crippen molar-refractivity contribution in [2.75, 3.05) is 18.4 Å². The van der Waals surface area contributed by atoms with Crippen molar-refractivity contribution in [3.05, 3.63) is 60.1 Å². The number of nitrogens with one attached hydrogen (secondary N) is 2. The Bertz CT molecular complexity index is 807. The quantitative estimate of drug-likeness (QED) is 0.329. The van der Waals surface area contributed by atoms with Gasteiger partial charge in [-0.3, -0.25) is 24.7 Å². The third-order valence-electron chi connectivity index (χ3n) is 4.06. The molecule has 1 atom stereocenters. The average molecular weight is 399 g/mol. The van der Waals surface area contributed by atoms with Gasteiger partial charge in [0, 0.05) is 38.7 Å².